The lowest BCUT2D eigenvalue weighted by Gasteiger charge is -2.28. The molecule has 9 nitrogen and oxygen atoms in total. The first-order chi connectivity index (χ1) is 16.9. The summed E-state index contributed by atoms with van der Waals surface area (Å²) >= 11 is 0. The van der Waals surface area contributed by atoms with Crippen LogP contribution in [0.5, 0.6) is 0 Å². The minimum absolute atomic E-state index is 0.0224. The number of nitrogens with two attached hydrogens (primary N) is 1. The van der Waals surface area contributed by atoms with Gasteiger partial charge in [0.25, 0.3) is 11.8 Å². The molecule has 3 aromatic rings. The van der Waals surface area contributed by atoms with E-state index in [0.717, 1.165) is 0 Å². The van der Waals surface area contributed by atoms with Crippen molar-refractivity contribution in [1.29, 1.82) is 5.41 Å². The molecule has 0 aliphatic carbocycles. The number of hydrogen-bond acceptors (Lipinski definition) is 5. The summed E-state index contributed by atoms with van der Waals surface area (Å²) in [6, 6.07) is 13.8. The van der Waals surface area contributed by atoms with Gasteiger partial charge < -0.3 is 21.5 Å². The lowest BCUT2D eigenvalue weighted by Crippen LogP contribution is -2.41. The largest absolute Gasteiger partial charge is 0.478 e. The molecule has 36 heavy (non-hydrogen) atoms. The van der Waals surface area contributed by atoms with Crippen molar-refractivity contribution in [2.75, 3.05) is 5.32 Å². The number of aromatic carboxylic acids is 1. The van der Waals surface area contributed by atoms with Crippen LogP contribution in [-0.2, 0) is 0 Å². The fourth-order valence-corrected chi connectivity index (χ4v) is 3.32. The second-order valence-corrected chi connectivity index (χ2v) is 9.47. The van der Waals surface area contributed by atoms with Gasteiger partial charge in [0.15, 0.2) is 0 Å². The van der Waals surface area contributed by atoms with Gasteiger partial charge in [0.1, 0.15) is 11.5 Å². The van der Waals surface area contributed by atoms with Crippen molar-refractivity contribution in [2.24, 2.45) is 11.1 Å². The second-order valence-electron chi connectivity index (χ2n) is 9.47. The Morgan fingerprint density at radius 3 is 2.19 bits per heavy atom. The first-order valence-electron chi connectivity index (χ1n) is 11.3. The van der Waals surface area contributed by atoms with Crippen molar-refractivity contribution >= 4 is 29.3 Å². The minimum atomic E-state index is -1.24. The van der Waals surface area contributed by atoms with Crippen molar-refractivity contribution in [1.82, 2.24) is 10.3 Å². The Kier molecular flexibility index (Phi) is 7.53. The summed E-state index contributed by atoms with van der Waals surface area (Å²) in [6.07, 6.45) is 1.44. The van der Waals surface area contributed by atoms with Crippen molar-refractivity contribution in [3.8, 4) is 11.1 Å². The fraction of sp³-hybridized carbons (Fsp3) is 0.222. The number of carboxylic acid groups (broad SMARTS) is 1. The van der Waals surface area contributed by atoms with Crippen molar-refractivity contribution in [3.63, 3.8) is 0 Å². The van der Waals surface area contributed by atoms with Crippen LogP contribution in [-0.4, -0.2) is 39.8 Å². The van der Waals surface area contributed by atoms with E-state index in [1.165, 1.54) is 24.4 Å². The summed E-state index contributed by atoms with van der Waals surface area (Å²) in [4.78, 5) is 42.1. The van der Waals surface area contributed by atoms with E-state index in [4.69, 9.17) is 11.1 Å². The highest BCUT2D eigenvalue weighted by Crippen LogP contribution is 2.28. The van der Waals surface area contributed by atoms with Gasteiger partial charge in [-0.25, -0.2) is 4.79 Å². The van der Waals surface area contributed by atoms with Gasteiger partial charge in [-0.3, -0.25) is 20.0 Å². The van der Waals surface area contributed by atoms with Gasteiger partial charge in [0, 0.05) is 34.6 Å². The standard InChI is InChI=1S/C27H29N5O4/c1-15(27(2,3)4)31-24(33)17-9-12-19(21(14-17)26(35)36)20-6-5-13-30-22(20)25(34)32-18-10-7-16(8-11-18)23(28)29/h5-15H,1-4H3,(H3,28,29)(H,31,33)(H,32,34)(H,35,36). The molecule has 2 aromatic carbocycles. The Hall–Kier alpha value is -4.53. The first-order valence-corrected chi connectivity index (χ1v) is 11.3. The molecule has 9 heteroatoms. The van der Waals surface area contributed by atoms with E-state index in [-0.39, 0.29) is 45.6 Å². The Labute approximate surface area is 209 Å². The molecule has 2 amide bonds. The highest BCUT2D eigenvalue weighted by atomic mass is 16.4. The number of pyridine rings is 1. The summed E-state index contributed by atoms with van der Waals surface area (Å²) in [5, 5.41) is 23.0. The molecule has 0 aliphatic rings. The number of hydrogen-bond donors (Lipinski definition) is 5. The molecule has 186 valence electrons. The number of carbonyl (C=O) groups excluding carboxylic acids is 2. The Bertz CT molecular complexity index is 1330. The van der Waals surface area contributed by atoms with Crippen molar-refractivity contribution < 1.29 is 19.5 Å². The van der Waals surface area contributed by atoms with E-state index in [9.17, 15) is 19.5 Å². The van der Waals surface area contributed by atoms with E-state index in [1.54, 1.807) is 36.4 Å². The molecule has 0 spiro atoms. The molecular weight excluding hydrogens is 458 g/mol. The van der Waals surface area contributed by atoms with Gasteiger partial charge in [-0.2, -0.15) is 0 Å². The van der Waals surface area contributed by atoms with E-state index >= 15 is 0 Å². The molecule has 1 heterocycles. The smallest absolute Gasteiger partial charge is 0.336 e. The number of carboxylic acids is 1. The third-order valence-electron chi connectivity index (χ3n) is 5.93. The zero-order chi connectivity index (χ0) is 26.6. The van der Waals surface area contributed by atoms with Crippen LogP contribution in [0.2, 0.25) is 0 Å². The van der Waals surface area contributed by atoms with Crippen molar-refractivity contribution in [3.05, 3.63) is 83.2 Å². The first kappa shape index (κ1) is 26.1. The summed E-state index contributed by atoms with van der Waals surface area (Å²) < 4.78 is 0. The van der Waals surface area contributed by atoms with E-state index in [1.807, 2.05) is 27.7 Å². The van der Waals surface area contributed by atoms with Gasteiger partial charge in [-0.05, 0) is 60.4 Å². The molecule has 3 rings (SSSR count). The van der Waals surface area contributed by atoms with Crippen LogP contribution in [0.15, 0.2) is 60.8 Å². The summed E-state index contributed by atoms with van der Waals surface area (Å²) in [7, 11) is 0. The lowest BCUT2D eigenvalue weighted by molar-refractivity contribution is 0.0697. The van der Waals surface area contributed by atoms with Gasteiger partial charge in [-0.15, -0.1) is 0 Å². The molecule has 1 unspecified atom stereocenters. The van der Waals surface area contributed by atoms with Crippen LogP contribution in [0.25, 0.3) is 11.1 Å². The molecule has 0 aliphatic heterocycles. The van der Waals surface area contributed by atoms with Crippen molar-refractivity contribution in [2.45, 2.75) is 33.7 Å². The van der Waals surface area contributed by atoms with Gasteiger partial charge >= 0.3 is 5.97 Å². The lowest BCUT2D eigenvalue weighted by atomic mass is 9.88. The fourth-order valence-electron chi connectivity index (χ4n) is 3.32. The zero-order valence-corrected chi connectivity index (χ0v) is 20.5. The highest BCUT2D eigenvalue weighted by Gasteiger charge is 2.24. The maximum atomic E-state index is 13.0. The highest BCUT2D eigenvalue weighted by molar-refractivity contribution is 6.09. The Balaban J connectivity index is 1.95. The van der Waals surface area contributed by atoms with Crippen LogP contribution >= 0.6 is 0 Å². The summed E-state index contributed by atoms with van der Waals surface area (Å²) in [6.45, 7) is 7.88. The van der Waals surface area contributed by atoms with Gasteiger partial charge in [-0.1, -0.05) is 32.9 Å². The minimum Gasteiger partial charge on any atom is -0.478 e. The Morgan fingerprint density at radius 1 is 0.972 bits per heavy atom. The third kappa shape index (κ3) is 5.93. The summed E-state index contributed by atoms with van der Waals surface area (Å²) in [5.41, 5.74) is 6.93. The second kappa shape index (κ2) is 10.4. The number of nitrogens with one attached hydrogen (secondary N) is 3. The molecule has 0 fully saturated rings. The van der Waals surface area contributed by atoms with Crippen LogP contribution in [0.1, 0.15) is 64.5 Å². The average molecular weight is 488 g/mol. The monoisotopic (exact) mass is 487 g/mol. The SMILES string of the molecule is CC(NC(=O)c1ccc(-c2cccnc2C(=O)Nc2ccc(C(=N)N)cc2)c(C(=O)O)c1)C(C)(C)C. The normalized spacial score (nSPS) is 11.9. The van der Waals surface area contributed by atoms with E-state index in [0.29, 0.717) is 16.8 Å². The maximum Gasteiger partial charge on any atom is 0.336 e. The molecule has 6 N–H and O–H groups in total. The average Bonchev–Trinajstić information content (AvgIpc) is 2.83. The number of amidine groups is 1. The molecule has 0 radical (unpaired) electrons. The molecule has 1 aromatic heterocycles. The number of nitrogens with zero attached hydrogens (tertiary/aromatic N) is 1. The number of nitrogen functional groups attached to an aromatic ring is 1. The number of benzene rings is 2. The number of carbonyl (C=O) groups is 3. The molecule has 0 bridgehead atoms. The summed E-state index contributed by atoms with van der Waals surface area (Å²) in [5.74, 6) is -2.26. The quantitative estimate of drug-likeness (QED) is 0.249. The number of amides is 2. The number of aromatic nitrogens is 1. The van der Waals surface area contributed by atoms with Crippen LogP contribution < -0.4 is 16.4 Å². The number of rotatable bonds is 7. The van der Waals surface area contributed by atoms with Crippen LogP contribution in [0.3, 0.4) is 0 Å². The van der Waals surface area contributed by atoms with Crippen LogP contribution in [0.4, 0.5) is 5.69 Å². The molecule has 0 saturated carbocycles. The van der Waals surface area contributed by atoms with E-state index < -0.39 is 11.9 Å². The molecular formula is C27H29N5O4. The zero-order valence-electron chi connectivity index (χ0n) is 20.5. The maximum absolute atomic E-state index is 13.0. The van der Waals surface area contributed by atoms with Gasteiger partial charge in [0.05, 0.1) is 5.56 Å². The third-order valence-corrected chi connectivity index (χ3v) is 5.93. The van der Waals surface area contributed by atoms with Gasteiger partial charge in [0.2, 0.25) is 0 Å². The predicted molar refractivity (Wildman–Crippen MR) is 138 cm³/mol. The predicted octanol–water partition coefficient (Wildman–Crippen LogP) is 4.15. The van der Waals surface area contributed by atoms with Crippen LogP contribution in [0, 0.1) is 10.8 Å². The Morgan fingerprint density at radius 2 is 1.61 bits per heavy atom. The molecule has 1 atom stereocenters. The topological polar surface area (TPSA) is 158 Å². The van der Waals surface area contributed by atoms with E-state index in [2.05, 4.69) is 15.6 Å². The number of anilines is 1. The molecule has 0 saturated heterocycles.